The number of carbonyl (C=O) groups excluding carboxylic acids is 1. The number of hydrogen-bond donors (Lipinski definition) is 1. The van der Waals surface area contributed by atoms with E-state index in [1.807, 2.05) is 30.3 Å². The summed E-state index contributed by atoms with van der Waals surface area (Å²) in [4.78, 5) is 18.4. The molecule has 2 aromatic heterocycles. The molecule has 1 N–H and O–H groups in total. The van der Waals surface area contributed by atoms with Gasteiger partial charge >= 0.3 is 6.03 Å². The van der Waals surface area contributed by atoms with Gasteiger partial charge in [-0.3, -0.25) is 10.3 Å². The van der Waals surface area contributed by atoms with Crippen LogP contribution in [-0.4, -0.2) is 27.6 Å². The molecule has 128 valence electrons. The van der Waals surface area contributed by atoms with Crippen molar-refractivity contribution in [2.75, 3.05) is 11.9 Å². The van der Waals surface area contributed by atoms with Gasteiger partial charge < -0.3 is 9.42 Å². The zero-order chi connectivity index (χ0) is 17.5. The number of nitrogens with one attached hydrogen (secondary N) is 1. The molecule has 2 heterocycles. The molecule has 0 atom stereocenters. The highest BCUT2D eigenvalue weighted by atomic mass is 16.5. The first-order chi connectivity index (χ1) is 12.2. The van der Waals surface area contributed by atoms with Gasteiger partial charge in [-0.2, -0.15) is 0 Å². The minimum absolute atomic E-state index is 0.207. The molecule has 0 saturated carbocycles. The lowest BCUT2D eigenvalue weighted by Crippen LogP contribution is -2.36. The summed E-state index contributed by atoms with van der Waals surface area (Å²) in [5.74, 6) is 1.07. The van der Waals surface area contributed by atoms with E-state index in [2.05, 4.69) is 27.6 Å². The maximum Gasteiger partial charge on any atom is 0.323 e. The maximum absolute atomic E-state index is 12.7. The molecular weight excluding hydrogens is 316 g/mol. The smallest absolute Gasteiger partial charge is 0.323 e. The highest BCUT2D eigenvalue weighted by Crippen LogP contribution is 2.11. The average molecular weight is 336 g/mol. The number of aryl methyl sites for hydroxylation is 1. The summed E-state index contributed by atoms with van der Waals surface area (Å²) >= 11 is 0. The number of hydrogen-bond acceptors (Lipinski definition) is 4. The molecule has 0 spiro atoms. The minimum Gasteiger partial charge on any atom is -0.360 e. The van der Waals surface area contributed by atoms with Crippen LogP contribution in [0.15, 0.2) is 65.4 Å². The standard InChI is InChI=1S/C19H20N4O2/c1-15-13-18(22-25-15)21-19(24)23(14-17-7-10-20-11-8-17)12-9-16-5-3-2-4-6-16/h2-8,10-11,13H,9,12,14H2,1H3,(H,21,22,24). The predicted octanol–water partition coefficient (Wildman–Crippen LogP) is 3.65. The average Bonchev–Trinajstić information content (AvgIpc) is 3.05. The highest BCUT2D eigenvalue weighted by molar-refractivity contribution is 5.88. The van der Waals surface area contributed by atoms with Gasteiger partial charge in [-0.05, 0) is 36.6 Å². The van der Waals surface area contributed by atoms with E-state index in [0.717, 1.165) is 12.0 Å². The second kappa shape index (κ2) is 8.10. The van der Waals surface area contributed by atoms with Crippen LogP contribution in [0.5, 0.6) is 0 Å². The number of benzene rings is 1. The molecule has 6 nitrogen and oxygen atoms in total. The van der Waals surface area contributed by atoms with Gasteiger partial charge in [-0.25, -0.2) is 4.79 Å². The molecule has 0 aliphatic carbocycles. The quantitative estimate of drug-likeness (QED) is 0.746. The Kier molecular flexibility index (Phi) is 5.41. The van der Waals surface area contributed by atoms with Crippen LogP contribution in [-0.2, 0) is 13.0 Å². The Balaban J connectivity index is 1.69. The number of rotatable bonds is 6. The van der Waals surface area contributed by atoms with Crippen molar-refractivity contribution in [3.63, 3.8) is 0 Å². The Morgan fingerprint density at radius 1 is 1.12 bits per heavy atom. The highest BCUT2D eigenvalue weighted by Gasteiger charge is 2.16. The molecule has 1 aromatic carbocycles. The van der Waals surface area contributed by atoms with Crippen LogP contribution in [0, 0.1) is 6.92 Å². The van der Waals surface area contributed by atoms with Gasteiger partial charge in [0.05, 0.1) is 0 Å². The molecule has 0 unspecified atom stereocenters. The summed E-state index contributed by atoms with van der Waals surface area (Å²) < 4.78 is 5.00. The fourth-order valence-corrected chi connectivity index (χ4v) is 2.48. The SMILES string of the molecule is Cc1cc(NC(=O)N(CCc2ccccc2)Cc2ccncc2)no1. The predicted molar refractivity (Wildman–Crippen MR) is 95.1 cm³/mol. The minimum atomic E-state index is -0.207. The molecule has 25 heavy (non-hydrogen) atoms. The van der Waals surface area contributed by atoms with Gasteiger partial charge in [-0.15, -0.1) is 0 Å². The van der Waals surface area contributed by atoms with Gasteiger partial charge in [-0.1, -0.05) is 35.5 Å². The fourth-order valence-electron chi connectivity index (χ4n) is 2.48. The summed E-state index contributed by atoms with van der Waals surface area (Å²) in [6.07, 6.45) is 4.23. The van der Waals surface area contributed by atoms with Crippen LogP contribution in [0.2, 0.25) is 0 Å². The van der Waals surface area contributed by atoms with E-state index in [1.165, 1.54) is 5.56 Å². The third-order valence-electron chi connectivity index (χ3n) is 3.79. The van der Waals surface area contributed by atoms with E-state index >= 15 is 0 Å². The Morgan fingerprint density at radius 3 is 2.56 bits per heavy atom. The molecule has 2 amide bonds. The third-order valence-corrected chi connectivity index (χ3v) is 3.79. The van der Waals surface area contributed by atoms with Crippen LogP contribution >= 0.6 is 0 Å². The molecular formula is C19H20N4O2. The summed E-state index contributed by atoms with van der Waals surface area (Å²) in [6.45, 7) is 2.87. The molecule has 3 aromatic rings. The Labute approximate surface area is 146 Å². The van der Waals surface area contributed by atoms with Gasteiger partial charge in [0.15, 0.2) is 5.82 Å². The summed E-state index contributed by atoms with van der Waals surface area (Å²) in [5.41, 5.74) is 2.21. The van der Waals surface area contributed by atoms with Gasteiger partial charge in [0.1, 0.15) is 5.76 Å². The van der Waals surface area contributed by atoms with E-state index in [9.17, 15) is 4.79 Å². The zero-order valence-corrected chi connectivity index (χ0v) is 14.1. The van der Waals surface area contributed by atoms with Crippen LogP contribution in [0.25, 0.3) is 0 Å². The van der Waals surface area contributed by atoms with Crippen LogP contribution < -0.4 is 5.32 Å². The lowest BCUT2D eigenvalue weighted by atomic mass is 10.1. The van der Waals surface area contributed by atoms with E-state index in [0.29, 0.717) is 24.7 Å². The second-order valence-corrected chi connectivity index (χ2v) is 5.77. The van der Waals surface area contributed by atoms with Crippen LogP contribution in [0.3, 0.4) is 0 Å². The van der Waals surface area contributed by atoms with E-state index in [-0.39, 0.29) is 6.03 Å². The number of aromatic nitrogens is 2. The van der Waals surface area contributed by atoms with Crippen molar-refractivity contribution < 1.29 is 9.32 Å². The molecule has 0 bridgehead atoms. The first kappa shape index (κ1) is 16.7. The number of nitrogens with zero attached hydrogens (tertiary/aromatic N) is 3. The Morgan fingerprint density at radius 2 is 1.88 bits per heavy atom. The van der Waals surface area contributed by atoms with Gasteiger partial charge in [0.2, 0.25) is 0 Å². The molecule has 0 aliphatic rings. The second-order valence-electron chi connectivity index (χ2n) is 5.77. The summed E-state index contributed by atoms with van der Waals surface area (Å²) in [6, 6.07) is 15.4. The largest absolute Gasteiger partial charge is 0.360 e. The van der Waals surface area contributed by atoms with Crippen molar-refractivity contribution in [1.29, 1.82) is 0 Å². The fraction of sp³-hybridized carbons (Fsp3) is 0.211. The van der Waals surface area contributed by atoms with Crippen LogP contribution in [0.4, 0.5) is 10.6 Å². The lowest BCUT2D eigenvalue weighted by Gasteiger charge is -2.22. The monoisotopic (exact) mass is 336 g/mol. The number of urea groups is 1. The number of pyridine rings is 1. The van der Waals surface area contributed by atoms with E-state index in [1.54, 1.807) is 30.3 Å². The Hall–Kier alpha value is -3.15. The first-order valence-electron chi connectivity index (χ1n) is 8.13. The summed E-state index contributed by atoms with van der Waals surface area (Å²) in [5, 5.41) is 6.61. The third kappa shape index (κ3) is 4.91. The summed E-state index contributed by atoms with van der Waals surface area (Å²) in [7, 11) is 0. The molecule has 0 aliphatic heterocycles. The normalized spacial score (nSPS) is 10.4. The van der Waals surface area contributed by atoms with Crippen LogP contribution in [0.1, 0.15) is 16.9 Å². The molecule has 0 radical (unpaired) electrons. The van der Waals surface area contributed by atoms with Crippen molar-refractivity contribution in [2.24, 2.45) is 0 Å². The maximum atomic E-state index is 12.7. The molecule has 6 heteroatoms. The van der Waals surface area contributed by atoms with Crippen molar-refractivity contribution in [1.82, 2.24) is 15.0 Å². The van der Waals surface area contributed by atoms with Gasteiger partial charge in [0, 0.05) is 31.5 Å². The number of amides is 2. The zero-order valence-electron chi connectivity index (χ0n) is 14.1. The molecule has 3 rings (SSSR count). The first-order valence-corrected chi connectivity index (χ1v) is 8.13. The van der Waals surface area contributed by atoms with Crippen molar-refractivity contribution in [3.8, 4) is 0 Å². The lowest BCUT2D eigenvalue weighted by molar-refractivity contribution is 0.209. The van der Waals surface area contributed by atoms with Crippen molar-refractivity contribution in [2.45, 2.75) is 19.9 Å². The topological polar surface area (TPSA) is 71.3 Å². The van der Waals surface area contributed by atoms with Crippen molar-refractivity contribution in [3.05, 3.63) is 77.8 Å². The number of carbonyl (C=O) groups is 1. The van der Waals surface area contributed by atoms with Crippen molar-refractivity contribution >= 4 is 11.8 Å². The van der Waals surface area contributed by atoms with E-state index in [4.69, 9.17) is 4.52 Å². The Bertz CT molecular complexity index is 803. The number of anilines is 1. The molecule has 0 fully saturated rings. The van der Waals surface area contributed by atoms with E-state index < -0.39 is 0 Å². The molecule has 0 saturated heterocycles. The van der Waals surface area contributed by atoms with Gasteiger partial charge in [0.25, 0.3) is 0 Å².